The number of sulfonamides is 1. The summed E-state index contributed by atoms with van der Waals surface area (Å²) in [5.74, 6) is -0.402. The topological polar surface area (TPSA) is 88.2 Å². The van der Waals surface area contributed by atoms with Gasteiger partial charge in [0.15, 0.2) is 5.13 Å². The Balaban J connectivity index is 1.55. The Labute approximate surface area is 176 Å². The molecule has 0 unspecified atom stereocenters. The summed E-state index contributed by atoms with van der Waals surface area (Å²) >= 11 is 7.43. The number of halogens is 1. The molecule has 0 bridgehead atoms. The fraction of sp³-hybridized carbons (Fsp3) is 0. The highest BCUT2D eigenvalue weighted by Gasteiger charge is 2.16. The fourth-order valence-corrected chi connectivity index (χ4v) is 4.91. The Morgan fingerprint density at radius 2 is 1.72 bits per heavy atom. The molecule has 0 fully saturated rings. The molecule has 4 rings (SSSR count). The van der Waals surface area contributed by atoms with Crippen molar-refractivity contribution in [3.05, 3.63) is 83.4 Å². The van der Waals surface area contributed by atoms with Crippen molar-refractivity contribution in [2.45, 2.75) is 4.90 Å². The van der Waals surface area contributed by atoms with Gasteiger partial charge in [0.2, 0.25) is 0 Å². The molecule has 0 aliphatic rings. The van der Waals surface area contributed by atoms with Gasteiger partial charge in [0.1, 0.15) is 5.52 Å². The maximum atomic E-state index is 12.6. The van der Waals surface area contributed by atoms with Crippen LogP contribution < -0.4 is 10.0 Å². The van der Waals surface area contributed by atoms with Crippen LogP contribution in [0.4, 0.5) is 10.8 Å². The van der Waals surface area contributed by atoms with Crippen LogP contribution in [0, 0.1) is 0 Å². The van der Waals surface area contributed by atoms with E-state index in [1.165, 1.54) is 29.5 Å². The molecule has 6 nitrogen and oxygen atoms in total. The second-order valence-electron chi connectivity index (χ2n) is 6.06. The minimum atomic E-state index is -3.74. The number of carbonyl (C=O) groups is 1. The number of amides is 1. The highest BCUT2D eigenvalue weighted by Crippen LogP contribution is 2.31. The van der Waals surface area contributed by atoms with E-state index in [0.717, 1.165) is 4.70 Å². The highest BCUT2D eigenvalue weighted by molar-refractivity contribution is 7.92. The molecule has 0 spiro atoms. The molecule has 0 saturated heterocycles. The zero-order valence-electron chi connectivity index (χ0n) is 14.8. The number of aromatic nitrogens is 1. The van der Waals surface area contributed by atoms with Gasteiger partial charge in [-0.15, -0.1) is 0 Å². The molecule has 0 aliphatic carbocycles. The van der Waals surface area contributed by atoms with Crippen molar-refractivity contribution in [3.63, 3.8) is 0 Å². The first kappa shape index (κ1) is 19.4. The summed E-state index contributed by atoms with van der Waals surface area (Å²) in [7, 11) is -3.74. The number of thiazole rings is 1. The molecular weight excluding hydrogens is 430 g/mol. The van der Waals surface area contributed by atoms with Gasteiger partial charge in [0, 0.05) is 11.3 Å². The molecule has 0 atom stereocenters. The third-order valence-corrected chi connectivity index (χ3v) is 6.66. The van der Waals surface area contributed by atoms with Crippen molar-refractivity contribution in [2.24, 2.45) is 0 Å². The van der Waals surface area contributed by atoms with Crippen molar-refractivity contribution in [3.8, 4) is 0 Å². The molecule has 29 heavy (non-hydrogen) atoms. The smallest absolute Gasteiger partial charge is 0.261 e. The third-order valence-electron chi connectivity index (χ3n) is 4.02. The summed E-state index contributed by atoms with van der Waals surface area (Å²) in [6.07, 6.45) is 0. The summed E-state index contributed by atoms with van der Waals surface area (Å²) in [6.45, 7) is 0. The maximum absolute atomic E-state index is 12.6. The molecule has 0 aliphatic heterocycles. The predicted molar refractivity (Wildman–Crippen MR) is 116 cm³/mol. The number of carbonyl (C=O) groups excluding carboxylic acids is 1. The van der Waals surface area contributed by atoms with E-state index in [-0.39, 0.29) is 10.6 Å². The van der Waals surface area contributed by atoms with Crippen molar-refractivity contribution in [1.82, 2.24) is 4.98 Å². The number of para-hydroxylation sites is 1. The van der Waals surface area contributed by atoms with E-state index in [1.807, 2.05) is 12.1 Å². The number of fused-ring (bicyclic) bond motifs is 1. The van der Waals surface area contributed by atoms with Crippen LogP contribution in [0.15, 0.2) is 77.7 Å². The van der Waals surface area contributed by atoms with E-state index in [0.29, 0.717) is 21.2 Å². The van der Waals surface area contributed by atoms with Crippen molar-refractivity contribution in [1.29, 1.82) is 0 Å². The van der Waals surface area contributed by atoms with E-state index >= 15 is 0 Å². The molecule has 2 N–H and O–H groups in total. The van der Waals surface area contributed by atoms with E-state index in [2.05, 4.69) is 15.0 Å². The van der Waals surface area contributed by atoms with Crippen LogP contribution >= 0.6 is 22.9 Å². The number of hydrogen-bond donors (Lipinski definition) is 2. The van der Waals surface area contributed by atoms with Crippen LogP contribution in [0.1, 0.15) is 10.4 Å². The highest BCUT2D eigenvalue weighted by atomic mass is 35.5. The molecule has 4 aromatic rings. The first-order chi connectivity index (χ1) is 13.9. The molecule has 1 aromatic heterocycles. The van der Waals surface area contributed by atoms with Gasteiger partial charge in [0.25, 0.3) is 15.9 Å². The molecule has 9 heteroatoms. The Morgan fingerprint density at radius 3 is 2.48 bits per heavy atom. The number of nitrogens with one attached hydrogen (secondary N) is 2. The average molecular weight is 444 g/mol. The molecule has 3 aromatic carbocycles. The van der Waals surface area contributed by atoms with Gasteiger partial charge in [-0.1, -0.05) is 53.3 Å². The van der Waals surface area contributed by atoms with Crippen molar-refractivity contribution in [2.75, 3.05) is 10.0 Å². The second-order valence-corrected chi connectivity index (χ2v) is 9.18. The summed E-state index contributed by atoms with van der Waals surface area (Å²) in [5.41, 5.74) is 1.20. The van der Waals surface area contributed by atoms with Crippen LogP contribution in [0.5, 0.6) is 0 Å². The van der Waals surface area contributed by atoms with Gasteiger partial charge in [-0.2, -0.15) is 0 Å². The zero-order chi connectivity index (χ0) is 20.4. The van der Waals surface area contributed by atoms with Gasteiger partial charge in [0.05, 0.1) is 14.6 Å². The number of benzene rings is 3. The lowest BCUT2D eigenvalue weighted by atomic mass is 10.2. The number of nitrogens with zero attached hydrogens (tertiary/aromatic N) is 1. The zero-order valence-corrected chi connectivity index (χ0v) is 17.2. The fourth-order valence-electron chi connectivity index (χ4n) is 2.68. The lowest BCUT2D eigenvalue weighted by molar-refractivity contribution is 0.102. The third kappa shape index (κ3) is 4.24. The average Bonchev–Trinajstić information content (AvgIpc) is 3.12. The number of hydrogen-bond acceptors (Lipinski definition) is 5. The van der Waals surface area contributed by atoms with Gasteiger partial charge < -0.3 is 0 Å². The molecule has 146 valence electrons. The summed E-state index contributed by atoms with van der Waals surface area (Å²) in [4.78, 5) is 17.1. The van der Waals surface area contributed by atoms with Crippen LogP contribution in [-0.2, 0) is 10.0 Å². The van der Waals surface area contributed by atoms with Crippen LogP contribution in [-0.4, -0.2) is 19.3 Å². The largest absolute Gasteiger partial charge is 0.298 e. The Hall–Kier alpha value is -2.94. The minimum Gasteiger partial charge on any atom is -0.298 e. The molecular formula is C20H14ClN3O3S2. The summed E-state index contributed by atoms with van der Waals surface area (Å²) < 4.78 is 28.3. The van der Waals surface area contributed by atoms with Gasteiger partial charge in [-0.05, 0) is 42.5 Å². The quantitative estimate of drug-likeness (QED) is 0.454. The van der Waals surface area contributed by atoms with E-state index in [1.54, 1.807) is 42.5 Å². The van der Waals surface area contributed by atoms with Crippen molar-refractivity contribution >= 4 is 59.9 Å². The Morgan fingerprint density at radius 1 is 0.966 bits per heavy atom. The number of anilines is 2. The molecule has 1 heterocycles. The standard InChI is InChI=1S/C20H14ClN3O3S2/c21-16-10-5-11-17-18(16)22-20(28-17)23-19(25)13-6-4-7-14(12-13)24-29(26,27)15-8-2-1-3-9-15/h1-12,24H,(H,22,23,25). The Kier molecular flexibility index (Phi) is 5.23. The molecule has 0 saturated carbocycles. The predicted octanol–water partition coefficient (Wildman–Crippen LogP) is 5.00. The van der Waals surface area contributed by atoms with Crippen LogP contribution in [0.3, 0.4) is 0 Å². The lowest BCUT2D eigenvalue weighted by Crippen LogP contribution is -2.15. The lowest BCUT2D eigenvalue weighted by Gasteiger charge is -2.09. The van der Waals surface area contributed by atoms with Crippen molar-refractivity contribution < 1.29 is 13.2 Å². The minimum absolute atomic E-state index is 0.140. The Bertz CT molecular complexity index is 1310. The van der Waals surface area contributed by atoms with Crippen LogP contribution in [0.25, 0.3) is 10.2 Å². The monoisotopic (exact) mass is 443 g/mol. The SMILES string of the molecule is O=C(Nc1nc2c(Cl)cccc2s1)c1cccc(NS(=O)(=O)c2ccccc2)c1. The summed E-state index contributed by atoms with van der Waals surface area (Å²) in [5, 5.41) is 3.65. The van der Waals surface area contributed by atoms with Gasteiger partial charge in [-0.25, -0.2) is 13.4 Å². The second kappa shape index (κ2) is 7.82. The normalized spacial score (nSPS) is 11.3. The van der Waals surface area contributed by atoms with Crippen LogP contribution in [0.2, 0.25) is 5.02 Å². The maximum Gasteiger partial charge on any atom is 0.261 e. The number of rotatable bonds is 5. The molecule has 1 amide bonds. The van der Waals surface area contributed by atoms with Gasteiger partial charge in [-0.3, -0.25) is 14.8 Å². The van der Waals surface area contributed by atoms with E-state index in [9.17, 15) is 13.2 Å². The summed E-state index contributed by atoms with van der Waals surface area (Å²) in [6, 6.07) is 19.7. The van der Waals surface area contributed by atoms with Gasteiger partial charge >= 0.3 is 0 Å². The first-order valence-corrected chi connectivity index (χ1v) is 11.1. The van der Waals surface area contributed by atoms with E-state index < -0.39 is 15.9 Å². The van der Waals surface area contributed by atoms with E-state index in [4.69, 9.17) is 11.6 Å². The molecule has 0 radical (unpaired) electrons. The first-order valence-electron chi connectivity index (χ1n) is 8.47.